The van der Waals surface area contributed by atoms with Gasteiger partial charge >= 0.3 is 6.03 Å². The van der Waals surface area contributed by atoms with Crippen molar-refractivity contribution in [1.82, 2.24) is 10.2 Å². The molecule has 3 rings (SSSR count). The molecule has 0 spiro atoms. The number of nitrogens with two attached hydrogens (primary N) is 1. The molecule has 1 aliphatic heterocycles. The second-order valence-corrected chi connectivity index (χ2v) is 6.66. The molecule has 1 heterocycles. The third kappa shape index (κ3) is 4.73. The summed E-state index contributed by atoms with van der Waals surface area (Å²) in [5, 5.41) is 13.4. The van der Waals surface area contributed by atoms with Crippen molar-refractivity contribution in [3.05, 3.63) is 74.4 Å². The number of primary amides is 1. The minimum absolute atomic E-state index is 0.0410. The lowest BCUT2D eigenvalue weighted by molar-refractivity contribution is -0.384. The number of carbonyl (C=O) groups excluding carboxylic acids is 3. The zero-order valence-electron chi connectivity index (χ0n) is 15.3. The van der Waals surface area contributed by atoms with Crippen LogP contribution in [0.1, 0.15) is 11.1 Å². The van der Waals surface area contributed by atoms with Crippen molar-refractivity contribution in [2.45, 2.75) is 6.54 Å². The van der Waals surface area contributed by atoms with Crippen LogP contribution in [-0.2, 0) is 16.1 Å². The molecule has 11 heteroatoms. The quantitative estimate of drug-likeness (QED) is 0.298. The Hall–Kier alpha value is -3.92. The molecule has 0 atom stereocenters. The molecule has 2 aromatic rings. The van der Waals surface area contributed by atoms with Crippen LogP contribution in [0.15, 0.2) is 48.2 Å². The molecule has 1 fully saturated rings. The van der Waals surface area contributed by atoms with Gasteiger partial charge in [-0.25, -0.2) is 4.79 Å². The van der Waals surface area contributed by atoms with Crippen LogP contribution >= 0.6 is 11.6 Å². The fraction of sp³-hybridized carbons (Fsp3) is 0.105. The number of hydrogen-bond acceptors (Lipinski definition) is 6. The number of benzene rings is 2. The molecule has 10 nitrogen and oxygen atoms in total. The van der Waals surface area contributed by atoms with Crippen molar-refractivity contribution in [2.75, 3.05) is 6.61 Å². The summed E-state index contributed by atoms with van der Waals surface area (Å²) in [5.41, 5.74) is 6.06. The third-order valence-electron chi connectivity index (χ3n) is 4.09. The summed E-state index contributed by atoms with van der Waals surface area (Å²) in [5.74, 6) is -0.952. The van der Waals surface area contributed by atoms with Crippen molar-refractivity contribution in [3.63, 3.8) is 0 Å². The number of hydrogen-bond donors (Lipinski definition) is 2. The topological polar surface area (TPSA) is 145 Å². The van der Waals surface area contributed by atoms with E-state index in [0.29, 0.717) is 11.1 Å². The maximum absolute atomic E-state index is 12.6. The molecular formula is C19H15ClN4O6. The molecule has 0 aliphatic carbocycles. The van der Waals surface area contributed by atoms with E-state index in [1.807, 2.05) is 0 Å². The Bertz CT molecular complexity index is 1070. The number of halogens is 1. The molecule has 30 heavy (non-hydrogen) atoms. The molecular weight excluding hydrogens is 416 g/mol. The predicted molar refractivity (Wildman–Crippen MR) is 106 cm³/mol. The van der Waals surface area contributed by atoms with E-state index in [2.05, 4.69) is 5.32 Å². The van der Waals surface area contributed by atoms with E-state index in [-0.39, 0.29) is 35.3 Å². The first-order valence-corrected chi connectivity index (χ1v) is 8.91. The van der Waals surface area contributed by atoms with Crippen molar-refractivity contribution in [3.8, 4) is 5.75 Å². The molecule has 4 amide bonds. The first-order valence-electron chi connectivity index (χ1n) is 8.53. The van der Waals surface area contributed by atoms with Crippen LogP contribution in [0.2, 0.25) is 5.02 Å². The maximum Gasteiger partial charge on any atom is 0.329 e. The van der Waals surface area contributed by atoms with Crippen molar-refractivity contribution >= 4 is 41.2 Å². The monoisotopic (exact) mass is 430 g/mol. The minimum atomic E-state index is -0.648. The van der Waals surface area contributed by atoms with E-state index >= 15 is 0 Å². The Balaban J connectivity index is 1.73. The van der Waals surface area contributed by atoms with Gasteiger partial charge in [0.1, 0.15) is 11.4 Å². The number of ether oxygens (including phenoxy) is 1. The fourth-order valence-corrected chi connectivity index (χ4v) is 2.90. The van der Waals surface area contributed by atoms with Gasteiger partial charge in [0.05, 0.1) is 16.5 Å². The Labute approximate surface area is 175 Å². The van der Waals surface area contributed by atoms with E-state index in [1.54, 1.807) is 6.07 Å². The van der Waals surface area contributed by atoms with Gasteiger partial charge < -0.3 is 15.8 Å². The number of non-ortho nitro benzene ring substituents is 1. The summed E-state index contributed by atoms with van der Waals surface area (Å²) in [6.45, 7) is -0.368. The maximum atomic E-state index is 12.6. The Morgan fingerprint density at radius 2 is 1.93 bits per heavy atom. The van der Waals surface area contributed by atoms with Crippen molar-refractivity contribution in [2.24, 2.45) is 5.73 Å². The summed E-state index contributed by atoms with van der Waals surface area (Å²) in [6, 6.07) is 9.54. The third-order valence-corrected chi connectivity index (χ3v) is 4.38. The van der Waals surface area contributed by atoms with Crippen LogP contribution in [0.25, 0.3) is 6.08 Å². The van der Waals surface area contributed by atoms with Gasteiger partial charge in [-0.15, -0.1) is 0 Å². The number of rotatable bonds is 7. The van der Waals surface area contributed by atoms with Gasteiger partial charge in [0.2, 0.25) is 0 Å². The van der Waals surface area contributed by atoms with Crippen LogP contribution in [0.5, 0.6) is 5.75 Å². The highest BCUT2D eigenvalue weighted by molar-refractivity contribution is 6.32. The van der Waals surface area contributed by atoms with Crippen molar-refractivity contribution < 1.29 is 24.0 Å². The van der Waals surface area contributed by atoms with Gasteiger partial charge in [0, 0.05) is 12.1 Å². The van der Waals surface area contributed by atoms with Gasteiger partial charge in [-0.05, 0) is 29.3 Å². The molecule has 2 aromatic carbocycles. The zero-order valence-corrected chi connectivity index (χ0v) is 16.1. The minimum Gasteiger partial charge on any atom is -0.482 e. The van der Waals surface area contributed by atoms with Gasteiger partial charge in [-0.1, -0.05) is 29.8 Å². The predicted octanol–water partition coefficient (Wildman–Crippen LogP) is 2.21. The average Bonchev–Trinajstić information content (AvgIpc) is 2.95. The van der Waals surface area contributed by atoms with E-state index in [0.717, 1.165) is 4.90 Å². The lowest BCUT2D eigenvalue weighted by Crippen LogP contribution is -2.30. The Morgan fingerprint density at radius 1 is 1.23 bits per heavy atom. The van der Waals surface area contributed by atoms with Gasteiger partial charge in [-0.3, -0.25) is 24.6 Å². The second-order valence-electron chi connectivity index (χ2n) is 6.25. The Kier molecular flexibility index (Phi) is 5.98. The van der Waals surface area contributed by atoms with Crippen molar-refractivity contribution in [1.29, 1.82) is 0 Å². The number of nitro groups is 1. The number of urea groups is 1. The molecule has 154 valence electrons. The van der Waals surface area contributed by atoms with Crippen LogP contribution in [0.3, 0.4) is 0 Å². The molecule has 0 aromatic heterocycles. The summed E-state index contributed by atoms with van der Waals surface area (Å²) in [4.78, 5) is 46.7. The highest BCUT2D eigenvalue weighted by atomic mass is 35.5. The van der Waals surface area contributed by atoms with E-state index in [1.165, 1.54) is 42.5 Å². The van der Waals surface area contributed by atoms with E-state index in [4.69, 9.17) is 22.1 Å². The average molecular weight is 431 g/mol. The summed E-state index contributed by atoms with van der Waals surface area (Å²) in [7, 11) is 0. The zero-order chi connectivity index (χ0) is 21.8. The normalized spacial score (nSPS) is 14.7. The summed E-state index contributed by atoms with van der Waals surface area (Å²) >= 11 is 6.10. The van der Waals surface area contributed by atoms with Gasteiger partial charge in [0.15, 0.2) is 6.61 Å². The molecule has 1 saturated heterocycles. The lowest BCUT2D eigenvalue weighted by Gasteiger charge is -2.11. The SMILES string of the molecule is NC(=O)COc1ccc(C=C2NC(=O)N(Cc3ccc([N+](=O)[O-])cc3)C2=O)cc1Cl. The molecule has 0 bridgehead atoms. The molecule has 0 radical (unpaired) electrons. The lowest BCUT2D eigenvalue weighted by atomic mass is 10.1. The van der Waals surface area contributed by atoms with Gasteiger partial charge in [-0.2, -0.15) is 0 Å². The molecule has 3 N–H and O–H groups in total. The Morgan fingerprint density at radius 3 is 2.53 bits per heavy atom. The number of amides is 4. The first-order chi connectivity index (χ1) is 14.2. The highest BCUT2D eigenvalue weighted by Crippen LogP contribution is 2.27. The number of nitrogens with one attached hydrogen (secondary N) is 1. The smallest absolute Gasteiger partial charge is 0.329 e. The number of carbonyl (C=O) groups is 3. The number of imide groups is 1. The fourth-order valence-electron chi connectivity index (χ4n) is 2.66. The first kappa shape index (κ1) is 20.8. The van der Waals surface area contributed by atoms with Crippen LogP contribution in [-0.4, -0.2) is 34.3 Å². The molecule has 0 unspecified atom stereocenters. The second kappa shape index (κ2) is 8.62. The van der Waals surface area contributed by atoms with Gasteiger partial charge in [0.25, 0.3) is 17.5 Å². The number of nitro benzene ring substituents is 1. The van der Waals surface area contributed by atoms with Crippen LogP contribution < -0.4 is 15.8 Å². The summed E-state index contributed by atoms with van der Waals surface area (Å²) in [6.07, 6.45) is 1.44. The van der Waals surface area contributed by atoms with E-state index in [9.17, 15) is 24.5 Å². The van der Waals surface area contributed by atoms with Crippen LogP contribution in [0, 0.1) is 10.1 Å². The standard InChI is InChI=1S/C19H15ClN4O6/c20-14-7-12(3-6-16(14)30-10-17(21)25)8-15-18(26)23(19(27)22-15)9-11-1-4-13(5-2-11)24(28)29/h1-8H,9-10H2,(H2,21,25)(H,22,27). The summed E-state index contributed by atoms with van der Waals surface area (Å²) < 4.78 is 5.15. The van der Waals surface area contributed by atoms with Crippen LogP contribution in [0.4, 0.5) is 10.5 Å². The molecule has 0 saturated carbocycles. The molecule has 1 aliphatic rings. The number of nitrogens with zero attached hydrogens (tertiary/aromatic N) is 2. The largest absolute Gasteiger partial charge is 0.482 e. The van der Waals surface area contributed by atoms with E-state index < -0.39 is 22.8 Å². The highest BCUT2D eigenvalue weighted by Gasteiger charge is 2.33.